The maximum atomic E-state index is 7.11. The zero-order chi connectivity index (χ0) is 22.2. The molecule has 29 heavy (non-hydrogen) atoms. The van der Waals surface area contributed by atoms with Crippen LogP contribution in [-0.2, 0) is 12.7 Å². The van der Waals surface area contributed by atoms with Gasteiger partial charge in [0.25, 0.3) is 0 Å². The van der Waals surface area contributed by atoms with Crippen LogP contribution in [0.25, 0.3) is 0 Å². The number of rotatable bonds is 20. The summed E-state index contributed by atoms with van der Waals surface area (Å²) >= 11 is 0. The summed E-state index contributed by atoms with van der Waals surface area (Å²) in [4.78, 5) is 0. The van der Waals surface area contributed by atoms with Crippen LogP contribution in [0.5, 0.6) is 0 Å². The van der Waals surface area contributed by atoms with Crippen LogP contribution in [0, 0.1) is 0 Å². The topological polar surface area (TPSA) is 27.7 Å². The minimum absolute atomic E-state index is 1.02. The normalized spacial score (nSPS) is 13.2. The van der Waals surface area contributed by atoms with Crippen molar-refractivity contribution in [3.63, 3.8) is 0 Å². The Morgan fingerprint density at radius 2 is 0.828 bits per heavy atom. The van der Waals surface area contributed by atoms with Crippen molar-refractivity contribution in [1.29, 1.82) is 0 Å². The van der Waals surface area contributed by atoms with Crippen LogP contribution in [0.3, 0.4) is 0 Å². The second-order valence-electron chi connectivity index (χ2n) is 8.80. The summed E-state index contributed by atoms with van der Waals surface area (Å²) in [7, 11) is -4.29. The van der Waals surface area contributed by atoms with E-state index in [0.717, 1.165) is 42.3 Å². The van der Waals surface area contributed by atoms with Crippen LogP contribution in [0.1, 0.15) is 99.8 Å². The molecule has 0 bridgehead atoms. The SMILES string of the molecule is CCCCCCCCCC[Si](OC)(O[Si](CC)(CC)CC)O[Si](CC)(CC)CC. The van der Waals surface area contributed by atoms with Crippen LogP contribution in [0.2, 0.25) is 42.3 Å². The lowest BCUT2D eigenvalue weighted by Crippen LogP contribution is -2.59. The van der Waals surface area contributed by atoms with Crippen molar-refractivity contribution in [1.82, 2.24) is 0 Å². The zero-order valence-corrected chi connectivity index (χ0v) is 24.3. The van der Waals surface area contributed by atoms with Crippen molar-refractivity contribution in [2.75, 3.05) is 7.11 Å². The molecule has 3 nitrogen and oxygen atoms in total. The molecule has 0 aliphatic rings. The molecule has 0 fully saturated rings. The van der Waals surface area contributed by atoms with E-state index in [1.54, 1.807) is 0 Å². The van der Waals surface area contributed by atoms with Crippen LogP contribution < -0.4 is 0 Å². The van der Waals surface area contributed by atoms with Gasteiger partial charge in [0.2, 0.25) is 0 Å². The molecule has 0 saturated carbocycles. The Labute approximate surface area is 187 Å². The summed E-state index contributed by atoms with van der Waals surface area (Å²) < 4.78 is 20.5. The average Bonchev–Trinajstić information content (AvgIpc) is 2.77. The minimum atomic E-state index is -2.62. The van der Waals surface area contributed by atoms with E-state index in [4.69, 9.17) is 12.7 Å². The quantitative estimate of drug-likeness (QED) is 0.134. The summed E-state index contributed by atoms with van der Waals surface area (Å²) in [6, 6.07) is 8.00. The highest BCUT2D eigenvalue weighted by Crippen LogP contribution is 2.35. The molecular formula is C23H54O3Si3. The van der Waals surface area contributed by atoms with Gasteiger partial charge in [-0.3, -0.25) is 0 Å². The van der Waals surface area contributed by atoms with Crippen molar-refractivity contribution < 1.29 is 12.7 Å². The van der Waals surface area contributed by atoms with E-state index >= 15 is 0 Å². The van der Waals surface area contributed by atoms with E-state index in [-0.39, 0.29) is 0 Å². The second-order valence-corrected chi connectivity index (χ2v) is 21.7. The summed E-state index contributed by atoms with van der Waals surface area (Å²) in [5, 5.41) is 0. The van der Waals surface area contributed by atoms with Gasteiger partial charge in [0.15, 0.2) is 16.6 Å². The van der Waals surface area contributed by atoms with E-state index in [9.17, 15) is 0 Å². The highest BCUT2D eigenvalue weighted by molar-refractivity contribution is 6.87. The van der Waals surface area contributed by atoms with E-state index in [1.165, 1.54) is 51.4 Å². The summed E-state index contributed by atoms with van der Waals surface area (Å²) in [5.74, 6) is 0. The zero-order valence-electron chi connectivity index (χ0n) is 21.3. The lowest BCUT2D eigenvalue weighted by molar-refractivity contribution is 0.191. The van der Waals surface area contributed by atoms with E-state index in [0.29, 0.717) is 0 Å². The van der Waals surface area contributed by atoms with Crippen LogP contribution in [0.15, 0.2) is 0 Å². The van der Waals surface area contributed by atoms with Crippen LogP contribution in [0.4, 0.5) is 0 Å². The number of unbranched alkanes of at least 4 members (excludes halogenated alkanes) is 7. The van der Waals surface area contributed by atoms with Crippen molar-refractivity contribution in [3.8, 4) is 0 Å². The van der Waals surface area contributed by atoms with Gasteiger partial charge in [0, 0.05) is 13.2 Å². The fourth-order valence-corrected chi connectivity index (χ4v) is 19.0. The first-order valence-electron chi connectivity index (χ1n) is 12.9. The number of hydrogen-bond donors (Lipinski definition) is 0. The van der Waals surface area contributed by atoms with E-state index < -0.39 is 25.4 Å². The molecule has 0 N–H and O–H groups in total. The van der Waals surface area contributed by atoms with Crippen molar-refractivity contribution in [2.45, 2.75) is 142 Å². The molecule has 0 rings (SSSR count). The average molecular weight is 463 g/mol. The molecule has 0 aliphatic heterocycles. The number of hydrogen-bond acceptors (Lipinski definition) is 3. The van der Waals surface area contributed by atoms with E-state index in [1.807, 2.05) is 7.11 Å². The van der Waals surface area contributed by atoms with Gasteiger partial charge in [0.05, 0.1) is 0 Å². The Morgan fingerprint density at radius 1 is 0.483 bits per heavy atom. The maximum Gasteiger partial charge on any atom is 0.479 e. The van der Waals surface area contributed by atoms with Crippen LogP contribution in [-0.4, -0.2) is 32.5 Å². The molecule has 0 radical (unpaired) electrons. The highest BCUT2D eigenvalue weighted by Gasteiger charge is 2.51. The standard InChI is InChI=1S/C23H54O3Si3/c1-9-16-17-18-19-20-21-22-23-29(24-8,25-27(10-2,11-3)12-4)26-28(13-5,14-6)15-7/h9-23H2,1-8H3. The van der Waals surface area contributed by atoms with Gasteiger partial charge >= 0.3 is 8.80 Å². The predicted molar refractivity (Wildman–Crippen MR) is 137 cm³/mol. The Bertz CT molecular complexity index is 347. The molecule has 0 amide bonds. The molecule has 0 aromatic rings. The monoisotopic (exact) mass is 462 g/mol. The smallest absolute Gasteiger partial charge is 0.416 e. The molecule has 0 spiro atoms. The van der Waals surface area contributed by atoms with Gasteiger partial charge in [-0.15, -0.1) is 0 Å². The lowest BCUT2D eigenvalue weighted by Gasteiger charge is -2.44. The predicted octanol–water partition coefficient (Wildman–Crippen LogP) is 8.76. The van der Waals surface area contributed by atoms with Gasteiger partial charge in [-0.05, 0) is 42.7 Å². The first kappa shape index (κ1) is 29.5. The first-order chi connectivity index (χ1) is 13.9. The van der Waals surface area contributed by atoms with E-state index in [2.05, 4.69) is 48.5 Å². The largest absolute Gasteiger partial charge is 0.479 e. The fraction of sp³-hybridized carbons (Fsp3) is 1.00. The summed E-state index contributed by atoms with van der Waals surface area (Å²) in [6.45, 7) is 16.2. The molecule has 0 aromatic carbocycles. The summed E-state index contributed by atoms with van der Waals surface area (Å²) in [5.41, 5.74) is 0. The van der Waals surface area contributed by atoms with Gasteiger partial charge in [-0.2, -0.15) is 0 Å². The first-order valence-corrected chi connectivity index (χ1v) is 19.8. The minimum Gasteiger partial charge on any atom is -0.416 e. The molecular weight excluding hydrogens is 409 g/mol. The van der Waals surface area contributed by atoms with Crippen molar-refractivity contribution >= 4 is 25.4 Å². The van der Waals surface area contributed by atoms with Crippen LogP contribution >= 0.6 is 0 Å². The fourth-order valence-electron chi connectivity index (χ4n) is 4.38. The molecule has 0 heterocycles. The Balaban J connectivity index is 5.20. The van der Waals surface area contributed by atoms with Crippen molar-refractivity contribution in [3.05, 3.63) is 0 Å². The lowest BCUT2D eigenvalue weighted by atomic mass is 10.1. The molecule has 176 valence electrons. The summed E-state index contributed by atoms with van der Waals surface area (Å²) in [6.07, 6.45) is 10.7. The molecule has 0 unspecified atom stereocenters. The third-order valence-electron chi connectivity index (χ3n) is 7.26. The van der Waals surface area contributed by atoms with Crippen molar-refractivity contribution in [2.24, 2.45) is 0 Å². The second kappa shape index (κ2) is 16.2. The van der Waals surface area contributed by atoms with Gasteiger partial charge in [-0.1, -0.05) is 93.4 Å². The molecule has 6 heteroatoms. The maximum absolute atomic E-state index is 7.11. The molecule has 0 saturated heterocycles. The molecule has 0 aliphatic carbocycles. The Morgan fingerprint density at radius 3 is 1.14 bits per heavy atom. The molecule has 0 aromatic heterocycles. The third-order valence-corrected chi connectivity index (χ3v) is 22.5. The Kier molecular flexibility index (Phi) is 16.5. The third kappa shape index (κ3) is 10.1. The van der Waals surface area contributed by atoms with Gasteiger partial charge in [-0.25, -0.2) is 0 Å². The Hall–Kier alpha value is 0.531. The van der Waals surface area contributed by atoms with Gasteiger partial charge in [0.1, 0.15) is 0 Å². The van der Waals surface area contributed by atoms with Gasteiger partial charge < -0.3 is 12.7 Å². The highest BCUT2D eigenvalue weighted by atomic mass is 28.5. The molecule has 0 atom stereocenters.